The molecule has 0 saturated carbocycles. The van der Waals surface area contributed by atoms with Gasteiger partial charge in [0, 0.05) is 12.1 Å². The zero-order valence-corrected chi connectivity index (χ0v) is 13.2. The lowest BCUT2D eigenvalue weighted by molar-refractivity contribution is 0.423. The van der Waals surface area contributed by atoms with Gasteiger partial charge in [-0.1, -0.05) is 23.4 Å². The van der Waals surface area contributed by atoms with E-state index in [1.165, 1.54) is 11.3 Å². The summed E-state index contributed by atoms with van der Waals surface area (Å²) in [7, 11) is 0. The summed E-state index contributed by atoms with van der Waals surface area (Å²) in [6.45, 7) is 10.1. The first-order chi connectivity index (χ1) is 9.46. The van der Waals surface area contributed by atoms with E-state index in [-0.39, 0.29) is 5.54 Å². The lowest BCUT2D eigenvalue weighted by atomic mass is 10.1. The van der Waals surface area contributed by atoms with Gasteiger partial charge in [-0.2, -0.15) is 5.10 Å². The Labute approximate surface area is 123 Å². The Bertz CT molecular complexity index is 543. The second kappa shape index (κ2) is 6.32. The van der Waals surface area contributed by atoms with E-state index >= 15 is 0 Å². The quantitative estimate of drug-likeness (QED) is 0.887. The second-order valence-electron chi connectivity index (χ2n) is 5.61. The Morgan fingerprint density at radius 2 is 2.15 bits per heavy atom. The SMILES string of the molecule is CCCn1cc(Oc2nnc(CNC(C)(C)C)s2)cn1. The van der Waals surface area contributed by atoms with E-state index in [0.717, 1.165) is 18.0 Å². The molecule has 0 aromatic carbocycles. The van der Waals surface area contributed by atoms with Gasteiger partial charge in [-0.05, 0) is 27.2 Å². The molecule has 0 aliphatic carbocycles. The van der Waals surface area contributed by atoms with E-state index in [2.05, 4.69) is 48.3 Å². The van der Waals surface area contributed by atoms with Crippen molar-refractivity contribution in [3.63, 3.8) is 0 Å². The van der Waals surface area contributed by atoms with Crippen LogP contribution in [0.3, 0.4) is 0 Å². The van der Waals surface area contributed by atoms with Gasteiger partial charge in [0.1, 0.15) is 5.01 Å². The third-order valence-electron chi connectivity index (χ3n) is 2.49. The maximum atomic E-state index is 5.65. The smallest absolute Gasteiger partial charge is 0.299 e. The van der Waals surface area contributed by atoms with Gasteiger partial charge < -0.3 is 10.1 Å². The third kappa shape index (κ3) is 4.57. The number of hydrogen-bond acceptors (Lipinski definition) is 6. The summed E-state index contributed by atoms with van der Waals surface area (Å²) < 4.78 is 7.51. The van der Waals surface area contributed by atoms with Crippen LogP contribution < -0.4 is 10.1 Å². The molecule has 0 fully saturated rings. The Hall–Kier alpha value is -1.47. The van der Waals surface area contributed by atoms with Crippen LogP contribution in [0.2, 0.25) is 0 Å². The fraction of sp³-hybridized carbons (Fsp3) is 0.615. The van der Waals surface area contributed by atoms with Crippen molar-refractivity contribution in [2.75, 3.05) is 0 Å². The van der Waals surface area contributed by atoms with E-state index in [1.54, 1.807) is 6.20 Å². The number of nitrogens with zero attached hydrogens (tertiary/aromatic N) is 4. The third-order valence-corrected chi connectivity index (χ3v) is 3.29. The van der Waals surface area contributed by atoms with Crippen LogP contribution in [0.25, 0.3) is 0 Å². The summed E-state index contributed by atoms with van der Waals surface area (Å²) >= 11 is 1.45. The predicted octanol–water partition coefficient (Wildman–Crippen LogP) is 2.83. The molecule has 110 valence electrons. The molecule has 7 heteroatoms. The highest BCUT2D eigenvalue weighted by molar-refractivity contribution is 7.13. The lowest BCUT2D eigenvalue weighted by Crippen LogP contribution is -2.35. The zero-order chi connectivity index (χ0) is 14.6. The molecule has 1 N–H and O–H groups in total. The van der Waals surface area contributed by atoms with Gasteiger partial charge in [-0.3, -0.25) is 4.68 Å². The van der Waals surface area contributed by atoms with Crippen molar-refractivity contribution in [2.24, 2.45) is 0 Å². The standard InChI is InChI=1S/C13H21N5OS/c1-5-6-18-9-10(7-15-18)19-12-17-16-11(20-12)8-14-13(2,3)4/h7,9,14H,5-6,8H2,1-4H3. The van der Waals surface area contributed by atoms with Gasteiger partial charge in [0.15, 0.2) is 5.75 Å². The number of nitrogens with one attached hydrogen (secondary N) is 1. The van der Waals surface area contributed by atoms with Crippen molar-refractivity contribution in [3.8, 4) is 10.9 Å². The molecule has 0 bridgehead atoms. The fourth-order valence-corrected chi connectivity index (χ4v) is 2.19. The van der Waals surface area contributed by atoms with Crippen LogP contribution in [0, 0.1) is 0 Å². The van der Waals surface area contributed by atoms with E-state index in [1.807, 2.05) is 10.9 Å². The fourth-order valence-electron chi connectivity index (χ4n) is 1.54. The molecule has 2 aromatic heterocycles. The van der Waals surface area contributed by atoms with Crippen LogP contribution in [0.15, 0.2) is 12.4 Å². The number of hydrogen-bond donors (Lipinski definition) is 1. The molecule has 0 unspecified atom stereocenters. The van der Waals surface area contributed by atoms with Crippen molar-refractivity contribution < 1.29 is 4.74 Å². The highest BCUT2D eigenvalue weighted by Crippen LogP contribution is 2.24. The van der Waals surface area contributed by atoms with Crippen molar-refractivity contribution in [1.82, 2.24) is 25.3 Å². The van der Waals surface area contributed by atoms with Gasteiger partial charge in [-0.15, -0.1) is 5.10 Å². The topological polar surface area (TPSA) is 64.9 Å². The minimum absolute atomic E-state index is 0.0635. The molecule has 0 aliphatic rings. The molecule has 20 heavy (non-hydrogen) atoms. The van der Waals surface area contributed by atoms with E-state index in [4.69, 9.17) is 4.74 Å². The maximum absolute atomic E-state index is 5.65. The summed E-state index contributed by atoms with van der Waals surface area (Å²) in [6.07, 6.45) is 4.62. The van der Waals surface area contributed by atoms with Gasteiger partial charge in [-0.25, -0.2) is 0 Å². The number of ether oxygens (including phenoxy) is 1. The monoisotopic (exact) mass is 295 g/mol. The van der Waals surface area contributed by atoms with Crippen molar-refractivity contribution in [2.45, 2.75) is 52.7 Å². The molecule has 6 nitrogen and oxygen atoms in total. The van der Waals surface area contributed by atoms with Gasteiger partial charge in [0.25, 0.3) is 5.19 Å². The molecule has 0 spiro atoms. The van der Waals surface area contributed by atoms with Gasteiger partial charge in [0.05, 0.1) is 18.9 Å². The van der Waals surface area contributed by atoms with Crippen molar-refractivity contribution >= 4 is 11.3 Å². The van der Waals surface area contributed by atoms with Gasteiger partial charge >= 0.3 is 0 Å². The van der Waals surface area contributed by atoms with Crippen LogP contribution in [0.4, 0.5) is 0 Å². The Kier molecular flexibility index (Phi) is 4.72. The molecular weight excluding hydrogens is 274 g/mol. The summed E-state index contributed by atoms with van der Waals surface area (Å²) in [5, 5.41) is 17.2. The molecular formula is C13H21N5OS. The first-order valence-electron chi connectivity index (χ1n) is 6.74. The summed E-state index contributed by atoms with van der Waals surface area (Å²) in [5.41, 5.74) is 0.0635. The van der Waals surface area contributed by atoms with E-state index in [0.29, 0.717) is 17.5 Å². The van der Waals surface area contributed by atoms with E-state index in [9.17, 15) is 0 Å². The van der Waals surface area contributed by atoms with Crippen molar-refractivity contribution in [3.05, 3.63) is 17.4 Å². The molecule has 0 atom stereocenters. The second-order valence-corrected chi connectivity index (χ2v) is 6.63. The van der Waals surface area contributed by atoms with Crippen LogP contribution in [0.5, 0.6) is 10.9 Å². The molecule has 0 saturated heterocycles. The average Bonchev–Trinajstić information content (AvgIpc) is 2.97. The van der Waals surface area contributed by atoms with E-state index < -0.39 is 0 Å². The first kappa shape index (κ1) is 14.9. The van der Waals surface area contributed by atoms with Crippen LogP contribution >= 0.6 is 11.3 Å². The van der Waals surface area contributed by atoms with Crippen molar-refractivity contribution in [1.29, 1.82) is 0 Å². The molecule has 2 aromatic rings. The summed E-state index contributed by atoms with van der Waals surface area (Å²) in [5.74, 6) is 0.699. The summed E-state index contributed by atoms with van der Waals surface area (Å²) in [4.78, 5) is 0. The lowest BCUT2D eigenvalue weighted by Gasteiger charge is -2.19. The largest absolute Gasteiger partial charge is 0.426 e. The molecule has 0 aliphatic heterocycles. The normalized spacial score (nSPS) is 11.8. The molecule has 2 rings (SSSR count). The number of aryl methyl sites for hydroxylation is 1. The zero-order valence-electron chi connectivity index (χ0n) is 12.4. The highest BCUT2D eigenvalue weighted by Gasteiger charge is 2.12. The molecule has 0 amide bonds. The molecule has 2 heterocycles. The predicted molar refractivity (Wildman–Crippen MR) is 79.1 cm³/mol. The van der Waals surface area contributed by atoms with Crippen LogP contribution in [-0.4, -0.2) is 25.5 Å². The Balaban J connectivity index is 1.91. The van der Waals surface area contributed by atoms with Crippen LogP contribution in [0.1, 0.15) is 39.1 Å². The van der Waals surface area contributed by atoms with Crippen LogP contribution in [-0.2, 0) is 13.1 Å². The highest BCUT2D eigenvalue weighted by atomic mass is 32.1. The minimum atomic E-state index is 0.0635. The van der Waals surface area contributed by atoms with Gasteiger partial charge in [0.2, 0.25) is 0 Å². The Morgan fingerprint density at radius 3 is 2.85 bits per heavy atom. The molecule has 0 radical (unpaired) electrons. The first-order valence-corrected chi connectivity index (χ1v) is 7.55. The average molecular weight is 295 g/mol. The minimum Gasteiger partial charge on any atom is -0.426 e. The number of aromatic nitrogens is 4. The number of rotatable bonds is 6. The maximum Gasteiger partial charge on any atom is 0.299 e. The Morgan fingerprint density at radius 1 is 1.35 bits per heavy atom. The summed E-state index contributed by atoms with van der Waals surface area (Å²) in [6, 6.07) is 0.